The molecule has 1 aliphatic heterocycles. The van der Waals surface area contributed by atoms with Crippen LogP contribution in [0.3, 0.4) is 0 Å². The number of aromatic nitrogens is 3. The highest BCUT2D eigenvalue weighted by atomic mass is 35.5. The molecule has 1 fully saturated rings. The molecule has 1 atom stereocenters. The van der Waals surface area contributed by atoms with Crippen molar-refractivity contribution in [2.75, 3.05) is 18.8 Å². The first kappa shape index (κ1) is 20.8. The molecule has 1 aliphatic rings. The molecule has 166 valence electrons. The number of halogens is 1. The number of aromatic amines is 1. The van der Waals surface area contributed by atoms with Gasteiger partial charge in [-0.3, -0.25) is 5.10 Å². The number of hydrogen-bond acceptors (Lipinski definition) is 6. The molecular formula is C24H26ClN5O2. The average molecular weight is 452 g/mol. The van der Waals surface area contributed by atoms with Crippen molar-refractivity contribution >= 4 is 28.4 Å². The third-order valence-electron chi connectivity index (χ3n) is 6.04. The predicted molar refractivity (Wildman–Crippen MR) is 126 cm³/mol. The van der Waals surface area contributed by atoms with Crippen LogP contribution in [0.2, 0.25) is 5.02 Å². The molecule has 1 saturated heterocycles. The number of H-pyrrole nitrogens is 1. The van der Waals surface area contributed by atoms with Gasteiger partial charge in [0, 0.05) is 40.9 Å². The summed E-state index contributed by atoms with van der Waals surface area (Å²) in [4.78, 5) is 4.40. The van der Waals surface area contributed by atoms with Crippen molar-refractivity contribution in [3.8, 4) is 16.9 Å². The lowest BCUT2D eigenvalue weighted by Crippen LogP contribution is -2.27. The van der Waals surface area contributed by atoms with Crippen LogP contribution in [0.5, 0.6) is 5.75 Å². The number of fused-ring (bicyclic) bond motifs is 1. The molecule has 32 heavy (non-hydrogen) atoms. The van der Waals surface area contributed by atoms with E-state index in [2.05, 4.69) is 20.5 Å². The van der Waals surface area contributed by atoms with Gasteiger partial charge in [-0.1, -0.05) is 23.7 Å². The fourth-order valence-corrected chi connectivity index (χ4v) is 4.55. The standard InChI is InChI=1S/C24H26ClN5O2/c1-14(10-15-2-4-17(25)5-3-15)32-23-22-19(11-28-24(23)26)20(13-31-22)18-12-29-30-21(18)16-6-8-27-9-7-16/h2-5,11-14,16,27H,6-10H2,1H3,(H2,26,28)(H,29,30). The van der Waals surface area contributed by atoms with Gasteiger partial charge in [-0.2, -0.15) is 5.10 Å². The van der Waals surface area contributed by atoms with Gasteiger partial charge in [0.25, 0.3) is 0 Å². The van der Waals surface area contributed by atoms with Gasteiger partial charge in [-0.15, -0.1) is 0 Å². The fourth-order valence-electron chi connectivity index (χ4n) is 4.42. The lowest BCUT2D eigenvalue weighted by Gasteiger charge is -2.21. The van der Waals surface area contributed by atoms with Crippen LogP contribution in [0.15, 0.2) is 47.3 Å². The van der Waals surface area contributed by atoms with E-state index in [1.165, 1.54) is 0 Å². The summed E-state index contributed by atoms with van der Waals surface area (Å²) >= 11 is 5.99. The smallest absolute Gasteiger partial charge is 0.205 e. The molecule has 0 saturated carbocycles. The molecule has 0 bridgehead atoms. The number of piperidine rings is 1. The number of furan rings is 1. The van der Waals surface area contributed by atoms with E-state index in [0.717, 1.165) is 53.7 Å². The Morgan fingerprint density at radius 3 is 2.78 bits per heavy atom. The number of nitrogen functional groups attached to an aromatic ring is 1. The van der Waals surface area contributed by atoms with Gasteiger partial charge < -0.3 is 20.2 Å². The summed E-state index contributed by atoms with van der Waals surface area (Å²) in [6.45, 7) is 4.01. The third-order valence-corrected chi connectivity index (χ3v) is 6.29. The number of nitrogens with one attached hydrogen (secondary N) is 2. The van der Waals surface area contributed by atoms with Gasteiger partial charge in [0.05, 0.1) is 11.1 Å². The number of benzene rings is 1. The second-order valence-electron chi connectivity index (χ2n) is 8.33. The number of nitrogens with two attached hydrogens (primary N) is 1. The molecule has 0 aliphatic carbocycles. The van der Waals surface area contributed by atoms with Crippen LogP contribution in [-0.4, -0.2) is 34.4 Å². The van der Waals surface area contributed by atoms with E-state index in [-0.39, 0.29) is 6.10 Å². The maximum absolute atomic E-state index is 6.22. The van der Waals surface area contributed by atoms with Crippen molar-refractivity contribution in [1.29, 1.82) is 0 Å². The SMILES string of the molecule is CC(Cc1ccc(Cl)cc1)Oc1c(N)ncc2c(-c3c[nH]nc3C3CCNCC3)coc12. The Labute approximate surface area is 191 Å². The van der Waals surface area contributed by atoms with E-state index in [1.807, 2.05) is 37.4 Å². The molecule has 4 aromatic rings. The Bertz CT molecular complexity index is 1210. The van der Waals surface area contributed by atoms with Gasteiger partial charge in [-0.05, 0) is 50.6 Å². The first-order valence-electron chi connectivity index (χ1n) is 10.9. The number of ether oxygens (including phenoxy) is 1. The first-order valence-corrected chi connectivity index (χ1v) is 11.3. The van der Waals surface area contributed by atoms with Gasteiger partial charge in [0.1, 0.15) is 12.4 Å². The highest BCUT2D eigenvalue weighted by Gasteiger charge is 2.25. The van der Waals surface area contributed by atoms with Gasteiger partial charge in [0.15, 0.2) is 11.4 Å². The van der Waals surface area contributed by atoms with Crippen molar-refractivity contribution < 1.29 is 9.15 Å². The molecule has 0 amide bonds. The van der Waals surface area contributed by atoms with Crippen LogP contribution in [0.4, 0.5) is 5.82 Å². The van der Waals surface area contributed by atoms with Gasteiger partial charge in [0.2, 0.25) is 5.75 Å². The van der Waals surface area contributed by atoms with Gasteiger partial charge in [-0.25, -0.2) is 4.98 Å². The minimum Gasteiger partial charge on any atom is -0.483 e. The molecule has 8 heteroatoms. The van der Waals surface area contributed by atoms with E-state index in [0.29, 0.717) is 34.5 Å². The van der Waals surface area contributed by atoms with Crippen LogP contribution in [0, 0.1) is 0 Å². The van der Waals surface area contributed by atoms with Crippen LogP contribution in [0.1, 0.15) is 36.9 Å². The van der Waals surface area contributed by atoms with Gasteiger partial charge >= 0.3 is 0 Å². The number of nitrogens with zero attached hydrogens (tertiary/aromatic N) is 2. The molecular weight excluding hydrogens is 426 g/mol. The minimum absolute atomic E-state index is 0.126. The van der Waals surface area contributed by atoms with Crippen molar-refractivity contribution in [2.24, 2.45) is 0 Å². The highest BCUT2D eigenvalue weighted by Crippen LogP contribution is 2.41. The van der Waals surface area contributed by atoms with Crippen LogP contribution >= 0.6 is 11.6 Å². The fraction of sp³-hybridized carbons (Fsp3) is 0.333. The molecule has 0 radical (unpaired) electrons. The van der Waals surface area contributed by atoms with Crippen molar-refractivity contribution in [2.45, 2.75) is 38.2 Å². The van der Waals surface area contributed by atoms with Crippen molar-refractivity contribution in [1.82, 2.24) is 20.5 Å². The summed E-state index contributed by atoms with van der Waals surface area (Å²) in [6, 6.07) is 7.75. The molecule has 1 aromatic carbocycles. The second-order valence-corrected chi connectivity index (χ2v) is 8.77. The molecule has 3 aromatic heterocycles. The Kier molecular flexibility index (Phi) is 5.76. The zero-order chi connectivity index (χ0) is 22.1. The molecule has 4 heterocycles. The van der Waals surface area contributed by atoms with E-state index < -0.39 is 0 Å². The zero-order valence-corrected chi connectivity index (χ0v) is 18.7. The Morgan fingerprint density at radius 2 is 2.00 bits per heavy atom. The number of pyridine rings is 1. The summed E-state index contributed by atoms with van der Waals surface area (Å²) in [6.07, 6.45) is 8.14. The average Bonchev–Trinajstić information content (AvgIpc) is 3.45. The predicted octanol–water partition coefficient (Wildman–Crippen LogP) is 4.93. The quantitative estimate of drug-likeness (QED) is 0.384. The van der Waals surface area contributed by atoms with Crippen molar-refractivity contribution in [3.63, 3.8) is 0 Å². The van der Waals surface area contributed by atoms with Crippen LogP contribution in [0.25, 0.3) is 22.1 Å². The lowest BCUT2D eigenvalue weighted by atomic mass is 9.90. The number of hydrogen-bond donors (Lipinski definition) is 3. The molecule has 4 N–H and O–H groups in total. The van der Waals surface area contributed by atoms with Crippen LogP contribution < -0.4 is 15.8 Å². The third kappa shape index (κ3) is 4.06. The van der Waals surface area contributed by atoms with E-state index in [1.54, 1.807) is 12.5 Å². The summed E-state index contributed by atoms with van der Waals surface area (Å²) in [5.74, 6) is 1.20. The zero-order valence-electron chi connectivity index (χ0n) is 17.9. The first-order chi connectivity index (χ1) is 15.6. The Hall–Kier alpha value is -3.03. The minimum atomic E-state index is -0.126. The molecule has 7 nitrogen and oxygen atoms in total. The summed E-state index contributed by atoms with van der Waals surface area (Å²) in [7, 11) is 0. The Balaban J connectivity index is 1.44. The summed E-state index contributed by atoms with van der Waals surface area (Å²) < 4.78 is 12.2. The highest BCUT2D eigenvalue weighted by molar-refractivity contribution is 6.30. The topological polar surface area (TPSA) is 102 Å². The lowest BCUT2D eigenvalue weighted by molar-refractivity contribution is 0.223. The number of rotatable bonds is 6. The molecule has 5 rings (SSSR count). The molecule has 0 spiro atoms. The van der Waals surface area contributed by atoms with E-state index >= 15 is 0 Å². The van der Waals surface area contributed by atoms with Crippen molar-refractivity contribution in [3.05, 3.63) is 59.2 Å². The maximum atomic E-state index is 6.22. The number of anilines is 1. The van der Waals surface area contributed by atoms with E-state index in [9.17, 15) is 0 Å². The van der Waals surface area contributed by atoms with E-state index in [4.69, 9.17) is 26.5 Å². The summed E-state index contributed by atoms with van der Waals surface area (Å²) in [5, 5.41) is 12.6. The monoisotopic (exact) mass is 451 g/mol. The maximum Gasteiger partial charge on any atom is 0.205 e. The normalized spacial score (nSPS) is 15.8. The summed E-state index contributed by atoms with van der Waals surface area (Å²) in [5.41, 5.74) is 11.0. The molecule has 1 unspecified atom stereocenters. The van der Waals surface area contributed by atoms with Crippen LogP contribution in [-0.2, 0) is 6.42 Å². The largest absolute Gasteiger partial charge is 0.483 e. The second kappa shape index (κ2) is 8.84. The Morgan fingerprint density at radius 1 is 1.22 bits per heavy atom.